The quantitative estimate of drug-likeness (QED) is 0.347. The molecular weight excluding hydrogens is 439 g/mol. The van der Waals surface area contributed by atoms with Crippen LogP contribution in [0.1, 0.15) is 24.4 Å². The maximum Gasteiger partial charge on any atom is 0.191 e. The maximum atomic E-state index is 4.29. The van der Waals surface area contributed by atoms with Gasteiger partial charge in [-0.25, -0.2) is 0 Å². The molecule has 6 nitrogen and oxygen atoms in total. The van der Waals surface area contributed by atoms with Crippen LogP contribution in [-0.2, 0) is 6.54 Å². The lowest BCUT2D eigenvalue weighted by Crippen LogP contribution is -2.38. The Balaban J connectivity index is 0.00000243. The van der Waals surface area contributed by atoms with Crippen molar-refractivity contribution >= 4 is 29.9 Å². The lowest BCUT2D eigenvalue weighted by molar-refractivity contribution is 0.675. The number of guanidine groups is 1. The molecule has 0 aliphatic heterocycles. The van der Waals surface area contributed by atoms with Crippen LogP contribution in [0.15, 0.2) is 72.0 Å². The third kappa shape index (κ3) is 5.04. The van der Waals surface area contributed by atoms with Gasteiger partial charge in [0.25, 0.3) is 0 Å². The number of hydrogen-bond donors (Lipinski definition) is 2. The zero-order valence-corrected chi connectivity index (χ0v) is 17.2. The van der Waals surface area contributed by atoms with Crippen molar-refractivity contribution in [1.82, 2.24) is 25.4 Å². The Morgan fingerprint density at radius 1 is 1.08 bits per heavy atom. The standard InChI is InChI=1S/C19H22N6.HI/c1-15(16-9-5-3-6-10-16)23-19(20-2)21-13-18-24-22-14-25(18)17-11-7-4-8-12-17;/h3-12,14-15H,13H2,1-2H3,(H2,20,21,23);1H. The van der Waals surface area contributed by atoms with Crippen molar-refractivity contribution in [3.8, 4) is 5.69 Å². The summed E-state index contributed by atoms with van der Waals surface area (Å²) in [5.74, 6) is 1.54. The average Bonchev–Trinajstić information content (AvgIpc) is 3.15. The van der Waals surface area contributed by atoms with E-state index in [0.29, 0.717) is 6.54 Å². The Kier molecular flexibility index (Phi) is 7.58. The molecule has 1 heterocycles. The Hall–Kier alpha value is -2.42. The number of benzene rings is 2. The minimum Gasteiger partial charge on any atom is -0.350 e. The van der Waals surface area contributed by atoms with Gasteiger partial charge in [0.15, 0.2) is 11.8 Å². The van der Waals surface area contributed by atoms with Crippen LogP contribution in [0.25, 0.3) is 5.69 Å². The van der Waals surface area contributed by atoms with Gasteiger partial charge < -0.3 is 10.6 Å². The molecule has 0 saturated heterocycles. The number of aliphatic imine (C=N–C) groups is 1. The lowest BCUT2D eigenvalue weighted by atomic mass is 10.1. The fourth-order valence-electron chi connectivity index (χ4n) is 2.57. The van der Waals surface area contributed by atoms with Crippen molar-refractivity contribution in [2.75, 3.05) is 7.05 Å². The highest BCUT2D eigenvalue weighted by Gasteiger charge is 2.10. The molecule has 1 unspecified atom stereocenters. The number of para-hydroxylation sites is 1. The second-order valence-corrected chi connectivity index (χ2v) is 5.66. The van der Waals surface area contributed by atoms with E-state index in [1.54, 1.807) is 13.4 Å². The fraction of sp³-hybridized carbons (Fsp3) is 0.211. The molecule has 0 spiro atoms. The summed E-state index contributed by atoms with van der Waals surface area (Å²) in [6.07, 6.45) is 1.72. The number of halogens is 1. The highest BCUT2D eigenvalue weighted by Crippen LogP contribution is 2.11. The summed E-state index contributed by atoms with van der Waals surface area (Å²) < 4.78 is 1.96. The Morgan fingerprint density at radius 2 is 1.73 bits per heavy atom. The molecule has 2 N–H and O–H groups in total. The average molecular weight is 462 g/mol. The smallest absolute Gasteiger partial charge is 0.191 e. The van der Waals surface area contributed by atoms with E-state index in [9.17, 15) is 0 Å². The molecule has 3 rings (SSSR count). The highest BCUT2D eigenvalue weighted by atomic mass is 127. The first-order valence-corrected chi connectivity index (χ1v) is 8.24. The van der Waals surface area contributed by atoms with E-state index in [1.165, 1.54) is 5.56 Å². The summed E-state index contributed by atoms with van der Waals surface area (Å²) in [5.41, 5.74) is 2.24. The molecule has 3 aromatic rings. The van der Waals surface area contributed by atoms with E-state index in [1.807, 2.05) is 53.1 Å². The summed E-state index contributed by atoms with van der Waals surface area (Å²) in [7, 11) is 1.76. The van der Waals surface area contributed by atoms with Crippen LogP contribution in [0.4, 0.5) is 0 Å². The summed E-state index contributed by atoms with van der Waals surface area (Å²) in [6, 6.07) is 20.5. The lowest BCUT2D eigenvalue weighted by Gasteiger charge is -2.18. The first-order chi connectivity index (χ1) is 12.3. The molecule has 0 aliphatic carbocycles. The van der Waals surface area contributed by atoms with Crippen LogP contribution in [0.3, 0.4) is 0 Å². The monoisotopic (exact) mass is 462 g/mol. The summed E-state index contributed by atoms with van der Waals surface area (Å²) >= 11 is 0. The summed E-state index contributed by atoms with van der Waals surface area (Å²) in [4.78, 5) is 4.29. The Morgan fingerprint density at radius 3 is 2.38 bits per heavy atom. The normalized spacial score (nSPS) is 12.2. The molecule has 1 aromatic heterocycles. The Labute approximate surface area is 170 Å². The van der Waals surface area contributed by atoms with Crippen molar-refractivity contribution in [2.24, 2.45) is 4.99 Å². The van der Waals surface area contributed by atoms with Crippen molar-refractivity contribution in [1.29, 1.82) is 0 Å². The van der Waals surface area contributed by atoms with Gasteiger partial charge in [0.05, 0.1) is 12.6 Å². The van der Waals surface area contributed by atoms with Crippen LogP contribution >= 0.6 is 24.0 Å². The molecule has 0 saturated carbocycles. The van der Waals surface area contributed by atoms with Crippen LogP contribution in [-0.4, -0.2) is 27.8 Å². The Bertz CT molecular complexity index is 816. The van der Waals surface area contributed by atoms with Crippen molar-refractivity contribution < 1.29 is 0 Å². The first-order valence-electron chi connectivity index (χ1n) is 8.24. The van der Waals surface area contributed by atoms with E-state index < -0.39 is 0 Å². The van der Waals surface area contributed by atoms with Gasteiger partial charge in [-0.3, -0.25) is 9.56 Å². The van der Waals surface area contributed by atoms with E-state index in [4.69, 9.17) is 0 Å². The molecule has 0 radical (unpaired) electrons. The van der Waals surface area contributed by atoms with Crippen LogP contribution < -0.4 is 10.6 Å². The van der Waals surface area contributed by atoms with Crippen molar-refractivity contribution in [3.05, 3.63) is 78.4 Å². The zero-order valence-electron chi connectivity index (χ0n) is 14.8. The predicted molar refractivity (Wildman–Crippen MR) is 115 cm³/mol. The van der Waals surface area contributed by atoms with Gasteiger partial charge in [0, 0.05) is 12.7 Å². The second kappa shape index (κ2) is 9.91. The largest absolute Gasteiger partial charge is 0.350 e. The van der Waals surface area contributed by atoms with Gasteiger partial charge >= 0.3 is 0 Å². The highest BCUT2D eigenvalue weighted by molar-refractivity contribution is 14.0. The SMILES string of the molecule is CN=C(NCc1nncn1-c1ccccc1)NC(C)c1ccccc1.I. The molecule has 26 heavy (non-hydrogen) atoms. The molecule has 0 amide bonds. The number of hydrogen-bond acceptors (Lipinski definition) is 3. The topological polar surface area (TPSA) is 67.1 Å². The van der Waals surface area contributed by atoms with E-state index in [0.717, 1.165) is 17.5 Å². The number of nitrogens with zero attached hydrogens (tertiary/aromatic N) is 4. The van der Waals surface area contributed by atoms with Gasteiger partial charge in [-0.2, -0.15) is 0 Å². The molecule has 0 bridgehead atoms. The van der Waals surface area contributed by atoms with Crippen LogP contribution in [0.5, 0.6) is 0 Å². The van der Waals surface area contributed by atoms with Gasteiger partial charge in [0.1, 0.15) is 6.33 Å². The van der Waals surface area contributed by atoms with Gasteiger partial charge in [-0.05, 0) is 24.6 Å². The van der Waals surface area contributed by atoms with E-state index in [2.05, 4.69) is 44.9 Å². The zero-order chi connectivity index (χ0) is 17.5. The molecule has 1 atom stereocenters. The molecule has 7 heteroatoms. The number of rotatable bonds is 5. The number of nitrogens with one attached hydrogen (secondary N) is 2. The van der Waals surface area contributed by atoms with E-state index >= 15 is 0 Å². The minimum absolute atomic E-state index is 0. The summed E-state index contributed by atoms with van der Waals surface area (Å²) in [5, 5.41) is 14.9. The predicted octanol–water partition coefficient (Wildman–Crippen LogP) is 3.31. The third-order valence-corrected chi connectivity index (χ3v) is 3.94. The van der Waals surface area contributed by atoms with E-state index in [-0.39, 0.29) is 30.0 Å². The molecule has 0 aliphatic rings. The third-order valence-electron chi connectivity index (χ3n) is 3.94. The molecular formula is C19H23IN6. The molecule has 0 fully saturated rings. The van der Waals surface area contributed by atoms with Crippen LogP contribution in [0, 0.1) is 0 Å². The fourth-order valence-corrected chi connectivity index (χ4v) is 2.57. The minimum atomic E-state index is 0. The van der Waals surface area contributed by atoms with Gasteiger partial charge in [0.2, 0.25) is 0 Å². The van der Waals surface area contributed by atoms with Crippen LogP contribution in [0.2, 0.25) is 0 Å². The van der Waals surface area contributed by atoms with Crippen molar-refractivity contribution in [3.63, 3.8) is 0 Å². The maximum absolute atomic E-state index is 4.29. The first kappa shape index (κ1) is 19.9. The van der Waals surface area contributed by atoms with Gasteiger partial charge in [-0.15, -0.1) is 34.2 Å². The van der Waals surface area contributed by atoms with Gasteiger partial charge in [-0.1, -0.05) is 48.5 Å². The molecule has 136 valence electrons. The number of aromatic nitrogens is 3. The summed E-state index contributed by atoms with van der Waals surface area (Å²) in [6.45, 7) is 2.63. The second-order valence-electron chi connectivity index (χ2n) is 5.66. The van der Waals surface area contributed by atoms with Crippen molar-refractivity contribution in [2.45, 2.75) is 19.5 Å². The molecule has 2 aromatic carbocycles.